The molecule has 3 fully saturated rings. The molecule has 3 aliphatic heterocycles. The van der Waals surface area contributed by atoms with Gasteiger partial charge in [-0.05, 0) is 25.0 Å². The highest BCUT2D eigenvalue weighted by atomic mass is 16.8. The maximum atomic E-state index is 13.2. The molecule has 0 saturated carbocycles. The topological polar surface area (TPSA) is 66.5 Å². The molecule has 2 aromatic carbocycles. The van der Waals surface area contributed by atoms with E-state index in [-0.39, 0.29) is 24.2 Å². The molecule has 32 heavy (non-hydrogen) atoms. The Morgan fingerprint density at radius 1 is 0.906 bits per heavy atom. The monoisotopic (exact) mass is 439 g/mol. The Bertz CT molecular complexity index is 936. The predicted octanol–water partition coefficient (Wildman–Crippen LogP) is 2.87. The van der Waals surface area contributed by atoms with Crippen LogP contribution in [0.3, 0.4) is 0 Å². The van der Waals surface area contributed by atoms with Crippen molar-refractivity contribution >= 4 is 5.91 Å². The summed E-state index contributed by atoms with van der Waals surface area (Å²) in [5, 5.41) is 0. The summed E-state index contributed by atoms with van der Waals surface area (Å²) in [5.41, 5.74) is 2.07. The van der Waals surface area contributed by atoms with Crippen molar-refractivity contribution in [1.82, 2.24) is 4.90 Å². The SMILES string of the molecule is CO[C@@H]1O[C@H]([C@@H]2[C@H](OCc3ccccc3)C(=O)N2Cc2ccccc2)[C@H]2OC(C)(C)O[C@@H]12. The van der Waals surface area contributed by atoms with Gasteiger partial charge < -0.3 is 28.6 Å². The molecule has 2 aromatic rings. The number of methoxy groups -OCH3 is 1. The second-order valence-electron chi connectivity index (χ2n) is 8.93. The minimum absolute atomic E-state index is 0.0472. The van der Waals surface area contributed by atoms with Crippen LogP contribution in [0.1, 0.15) is 25.0 Å². The first-order valence-electron chi connectivity index (χ1n) is 11.0. The van der Waals surface area contributed by atoms with Gasteiger partial charge in [-0.1, -0.05) is 60.7 Å². The van der Waals surface area contributed by atoms with E-state index in [0.29, 0.717) is 13.2 Å². The van der Waals surface area contributed by atoms with Crippen LogP contribution in [0.25, 0.3) is 0 Å². The van der Waals surface area contributed by atoms with Gasteiger partial charge >= 0.3 is 0 Å². The quantitative estimate of drug-likeness (QED) is 0.618. The number of hydrogen-bond donors (Lipinski definition) is 0. The number of carbonyl (C=O) groups is 1. The van der Waals surface area contributed by atoms with Gasteiger partial charge in [0.05, 0.1) is 12.6 Å². The normalized spacial score (nSPS) is 33.2. The molecule has 3 heterocycles. The number of carbonyl (C=O) groups excluding carboxylic acids is 1. The molecule has 6 atom stereocenters. The van der Waals surface area contributed by atoms with Crippen molar-refractivity contribution in [3.63, 3.8) is 0 Å². The number of hydrogen-bond acceptors (Lipinski definition) is 6. The summed E-state index contributed by atoms with van der Waals surface area (Å²) >= 11 is 0. The largest absolute Gasteiger partial charge is 0.361 e. The lowest BCUT2D eigenvalue weighted by Gasteiger charge is -2.49. The minimum atomic E-state index is -0.744. The molecule has 0 aliphatic carbocycles. The molecule has 7 nitrogen and oxygen atoms in total. The number of rotatable bonds is 7. The highest BCUT2D eigenvalue weighted by Crippen LogP contribution is 2.44. The van der Waals surface area contributed by atoms with Gasteiger partial charge in [-0.3, -0.25) is 4.79 Å². The fourth-order valence-corrected chi connectivity index (χ4v) is 4.84. The summed E-state index contributed by atoms with van der Waals surface area (Å²) < 4.78 is 30.2. The third-order valence-electron chi connectivity index (χ3n) is 6.28. The molecule has 1 amide bonds. The van der Waals surface area contributed by atoms with Crippen molar-refractivity contribution in [3.8, 4) is 0 Å². The first kappa shape index (κ1) is 21.6. The van der Waals surface area contributed by atoms with Crippen molar-refractivity contribution in [3.05, 3.63) is 71.8 Å². The van der Waals surface area contributed by atoms with Crippen molar-refractivity contribution < 1.29 is 28.5 Å². The molecule has 0 N–H and O–H groups in total. The number of ether oxygens (including phenoxy) is 5. The van der Waals surface area contributed by atoms with Crippen molar-refractivity contribution in [1.29, 1.82) is 0 Å². The van der Waals surface area contributed by atoms with E-state index < -0.39 is 24.3 Å². The maximum absolute atomic E-state index is 13.2. The smallest absolute Gasteiger partial charge is 0.254 e. The van der Waals surface area contributed by atoms with E-state index in [4.69, 9.17) is 23.7 Å². The molecule has 0 bridgehead atoms. The first-order chi connectivity index (χ1) is 15.5. The van der Waals surface area contributed by atoms with Crippen LogP contribution >= 0.6 is 0 Å². The van der Waals surface area contributed by atoms with E-state index in [1.165, 1.54) is 0 Å². The highest BCUT2D eigenvalue weighted by Gasteiger charge is 2.63. The van der Waals surface area contributed by atoms with Crippen LogP contribution < -0.4 is 0 Å². The van der Waals surface area contributed by atoms with Gasteiger partial charge in [-0.2, -0.15) is 0 Å². The third-order valence-corrected chi connectivity index (χ3v) is 6.28. The number of amides is 1. The summed E-state index contributed by atoms with van der Waals surface area (Å²) in [5.74, 6) is -0.791. The van der Waals surface area contributed by atoms with Gasteiger partial charge in [0.1, 0.15) is 18.3 Å². The van der Waals surface area contributed by atoms with Crippen LogP contribution in [-0.2, 0) is 41.6 Å². The fraction of sp³-hybridized carbons (Fsp3) is 0.480. The third kappa shape index (κ3) is 3.95. The van der Waals surface area contributed by atoms with E-state index in [1.807, 2.05) is 79.4 Å². The second kappa shape index (κ2) is 8.57. The van der Waals surface area contributed by atoms with Crippen LogP contribution in [0, 0.1) is 0 Å². The molecular formula is C25H29NO6. The standard InChI is InChI=1S/C25H29NO6/c1-25(2)31-21-19(30-24(28-3)22(21)32-25)18-20(29-15-17-12-8-5-9-13-17)23(27)26(18)14-16-10-6-4-7-11-16/h4-13,18-22,24H,14-15H2,1-3H3/t18-,19-,20+,21-,22-,24-/m1/s1. The zero-order valence-corrected chi connectivity index (χ0v) is 18.5. The van der Waals surface area contributed by atoms with Gasteiger partial charge in [0, 0.05) is 13.7 Å². The van der Waals surface area contributed by atoms with Gasteiger partial charge in [-0.25, -0.2) is 0 Å². The van der Waals surface area contributed by atoms with Crippen LogP contribution in [0.15, 0.2) is 60.7 Å². The summed E-state index contributed by atoms with van der Waals surface area (Å²) in [6, 6.07) is 19.5. The Kier molecular flexibility index (Phi) is 5.77. The Morgan fingerprint density at radius 3 is 2.19 bits per heavy atom. The van der Waals surface area contributed by atoms with Crippen LogP contribution in [-0.4, -0.2) is 60.5 Å². The molecule has 3 aliphatic rings. The molecular weight excluding hydrogens is 410 g/mol. The summed E-state index contributed by atoms with van der Waals surface area (Å²) in [4.78, 5) is 15.0. The van der Waals surface area contributed by atoms with E-state index in [0.717, 1.165) is 11.1 Å². The molecule has 170 valence electrons. The van der Waals surface area contributed by atoms with E-state index in [2.05, 4.69) is 0 Å². The number of benzene rings is 2. The summed E-state index contributed by atoms with van der Waals surface area (Å²) in [7, 11) is 1.59. The van der Waals surface area contributed by atoms with Crippen LogP contribution in [0.2, 0.25) is 0 Å². The average molecular weight is 440 g/mol. The van der Waals surface area contributed by atoms with Gasteiger partial charge in [0.15, 0.2) is 18.2 Å². The highest BCUT2D eigenvalue weighted by molar-refractivity contribution is 5.88. The van der Waals surface area contributed by atoms with Crippen LogP contribution in [0.5, 0.6) is 0 Å². The average Bonchev–Trinajstić information content (AvgIpc) is 3.29. The fourth-order valence-electron chi connectivity index (χ4n) is 4.84. The van der Waals surface area contributed by atoms with Gasteiger partial charge in [0.25, 0.3) is 5.91 Å². The van der Waals surface area contributed by atoms with Crippen LogP contribution in [0.4, 0.5) is 0 Å². The van der Waals surface area contributed by atoms with E-state index in [1.54, 1.807) is 7.11 Å². The molecule has 5 rings (SSSR count). The number of β-lactam (4-membered cyclic amide) rings is 1. The second-order valence-corrected chi connectivity index (χ2v) is 8.93. The zero-order chi connectivity index (χ0) is 22.3. The molecule has 0 aromatic heterocycles. The summed E-state index contributed by atoms with van der Waals surface area (Å²) in [6.45, 7) is 4.59. The number of nitrogens with zero attached hydrogens (tertiary/aromatic N) is 1. The molecule has 0 unspecified atom stereocenters. The number of fused-ring (bicyclic) bond motifs is 1. The Hall–Kier alpha value is -2.29. The molecule has 0 spiro atoms. The molecule has 0 radical (unpaired) electrons. The lowest BCUT2D eigenvalue weighted by Crippen LogP contribution is -2.70. The zero-order valence-electron chi connectivity index (χ0n) is 18.5. The lowest BCUT2D eigenvalue weighted by molar-refractivity contribution is -0.248. The van der Waals surface area contributed by atoms with Crippen molar-refractivity contribution in [2.75, 3.05) is 7.11 Å². The first-order valence-corrected chi connectivity index (χ1v) is 11.0. The van der Waals surface area contributed by atoms with E-state index >= 15 is 0 Å². The lowest BCUT2D eigenvalue weighted by atomic mass is 9.88. The molecule has 3 saturated heterocycles. The minimum Gasteiger partial charge on any atom is -0.361 e. The van der Waals surface area contributed by atoms with Gasteiger partial charge in [0.2, 0.25) is 0 Å². The van der Waals surface area contributed by atoms with E-state index in [9.17, 15) is 4.79 Å². The Labute approximate surface area is 188 Å². The maximum Gasteiger partial charge on any atom is 0.254 e. The number of likely N-dealkylation sites (tertiary alicyclic amines) is 1. The summed E-state index contributed by atoms with van der Waals surface area (Å²) in [6.07, 6.45) is -2.31. The van der Waals surface area contributed by atoms with Gasteiger partial charge in [-0.15, -0.1) is 0 Å². The van der Waals surface area contributed by atoms with Crippen molar-refractivity contribution in [2.24, 2.45) is 0 Å². The Balaban J connectivity index is 1.39. The van der Waals surface area contributed by atoms with Crippen molar-refractivity contribution in [2.45, 2.75) is 69.5 Å². The molecule has 7 heteroatoms. The Morgan fingerprint density at radius 2 is 1.53 bits per heavy atom. The predicted molar refractivity (Wildman–Crippen MR) is 115 cm³/mol.